The summed E-state index contributed by atoms with van der Waals surface area (Å²) in [5, 5.41) is 5.78. The fourth-order valence-corrected chi connectivity index (χ4v) is 4.37. The number of para-hydroxylation sites is 1. The molecule has 1 N–H and O–H groups in total. The second kappa shape index (κ2) is 5.08. The van der Waals surface area contributed by atoms with Crippen molar-refractivity contribution in [1.29, 1.82) is 0 Å². The molecule has 0 unspecified atom stereocenters. The van der Waals surface area contributed by atoms with Crippen molar-refractivity contribution in [3.63, 3.8) is 0 Å². The molecule has 1 aliphatic rings. The average molecular weight is 229 g/mol. The molecule has 13 heavy (non-hydrogen) atoms. The van der Waals surface area contributed by atoms with Crippen molar-refractivity contribution in [3.8, 4) is 0 Å². The Kier molecular flexibility index (Phi) is 3.76. The SMILES string of the molecule is c1ccc2c(c1)NCSCSCS2. The van der Waals surface area contributed by atoms with Gasteiger partial charge in [-0.2, -0.15) is 0 Å². The van der Waals surface area contributed by atoms with Crippen LogP contribution in [0.3, 0.4) is 0 Å². The lowest BCUT2D eigenvalue weighted by molar-refractivity contribution is 1.36. The number of hydrogen-bond acceptors (Lipinski definition) is 4. The second-order valence-electron chi connectivity index (χ2n) is 2.61. The lowest BCUT2D eigenvalue weighted by Gasteiger charge is -2.07. The topological polar surface area (TPSA) is 12.0 Å². The molecular formula is C9H11NS3. The van der Waals surface area contributed by atoms with Crippen LogP contribution in [0.25, 0.3) is 0 Å². The monoisotopic (exact) mass is 229 g/mol. The predicted octanol–water partition coefficient (Wildman–Crippen LogP) is 3.54. The van der Waals surface area contributed by atoms with Gasteiger partial charge in [0.25, 0.3) is 0 Å². The number of rotatable bonds is 0. The van der Waals surface area contributed by atoms with Gasteiger partial charge in [0.2, 0.25) is 0 Å². The lowest BCUT2D eigenvalue weighted by atomic mass is 10.3. The van der Waals surface area contributed by atoms with E-state index in [9.17, 15) is 0 Å². The maximum atomic E-state index is 3.43. The largest absolute Gasteiger partial charge is 0.375 e. The minimum Gasteiger partial charge on any atom is -0.375 e. The van der Waals surface area contributed by atoms with Crippen LogP contribution in [-0.2, 0) is 0 Å². The van der Waals surface area contributed by atoms with Crippen molar-refractivity contribution in [2.75, 3.05) is 21.4 Å². The number of thioether (sulfide) groups is 3. The van der Waals surface area contributed by atoms with Crippen LogP contribution in [0.1, 0.15) is 0 Å². The summed E-state index contributed by atoms with van der Waals surface area (Å²) in [6, 6.07) is 8.52. The second-order valence-corrected chi connectivity index (χ2v) is 6.32. The molecule has 1 nitrogen and oxygen atoms in total. The highest BCUT2D eigenvalue weighted by molar-refractivity contribution is 8.22. The summed E-state index contributed by atoms with van der Waals surface area (Å²) in [5.41, 5.74) is 1.28. The molecule has 0 aromatic heterocycles. The van der Waals surface area contributed by atoms with Crippen molar-refractivity contribution in [3.05, 3.63) is 24.3 Å². The molecule has 4 heteroatoms. The third-order valence-corrected chi connectivity index (χ3v) is 5.20. The van der Waals surface area contributed by atoms with E-state index in [1.165, 1.54) is 15.7 Å². The van der Waals surface area contributed by atoms with E-state index in [4.69, 9.17) is 0 Å². The van der Waals surface area contributed by atoms with Gasteiger partial charge in [-0.05, 0) is 12.1 Å². The van der Waals surface area contributed by atoms with Crippen LogP contribution in [0.4, 0.5) is 5.69 Å². The highest BCUT2D eigenvalue weighted by Crippen LogP contribution is 2.32. The van der Waals surface area contributed by atoms with Gasteiger partial charge in [0, 0.05) is 20.8 Å². The molecule has 0 aliphatic carbocycles. The molecule has 1 aromatic rings. The van der Waals surface area contributed by atoms with Crippen molar-refractivity contribution in [1.82, 2.24) is 0 Å². The van der Waals surface area contributed by atoms with E-state index in [0.29, 0.717) is 0 Å². The Balaban J connectivity index is 2.17. The van der Waals surface area contributed by atoms with Crippen LogP contribution in [0.15, 0.2) is 29.2 Å². The summed E-state index contributed by atoms with van der Waals surface area (Å²) in [6.45, 7) is 0. The van der Waals surface area contributed by atoms with Crippen molar-refractivity contribution >= 4 is 41.0 Å². The van der Waals surface area contributed by atoms with Crippen LogP contribution >= 0.6 is 35.3 Å². The van der Waals surface area contributed by atoms with Gasteiger partial charge >= 0.3 is 0 Å². The maximum Gasteiger partial charge on any atom is 0.0619 e. The van der Waals surface area contributed by atoms with Crippen LogP contribution < -0.4 is 5.32 Å². The van der Waals surface area contributed by atoms with Crippen molar-refractivity contribution in [2.45, 2.75) is 4.90 Å². The summed E-state index contributed by atoms with van der Waals surface area (Å²) in [7, 11) is 0. The quantitative estimate of drug-likeness (QED) is 0.730. The third-order valence-electron chi connectivity index (χ3n) is 1.72. The van der Waals surface area contributed by atoms with E-state index in [1.54, 1.807) is 0 Å². The van der Waals surface area contributed by atoms with Gasteiger partial charge in [0.05, 0.1) is 5.88 Å². The zero-order valence-electron chi connectivity index (χ0n) is 7.16. The minimum absolute atomic E-state index is 1.02. The Bertz CT molecular complexity index is 250. The summed E-state index contributed by atoms with van der Waals surface area (Å²) in [5.74, 6) is 1.02. The molecule has 70 valence electrons. The first-order valence-corrected chi connectivity index (χ1v) is 7.37. The molecule has 0 fully saturated rings. The molecule has 0 saturated carbocycles. The van der Waals surface area contributed by atoms with Gasteiger partial charge in [-0.1, -0.05) is 12.1 Å². The predicted molar refractivity (Wildman–Crippen MR) is 65.7 cm³/mol. The fraction of sp³-hybridized carbons (Fsp3) is 0.333. The first kappa shape index (κ1) is 9.62. The van der Waals surface area contributed by atoms with Gasteiger partial charge in [0.1, 0.15) is 0 Å². The van der Waals surface area contributed by atoms with E-state index in [0.717, 1.165) is 11.0 Å². The van der Waals surface area contributed by atoms with Gasteiger partial charge < -0.3 is 5.32 Å². The number of hydrogen-bond donors (Lipinski definition) is 1. The number of anilines is 1. The van der Waals surface area contributed by atoms with E-state index >= 15 is 0 Å². The number of fused-ring (bicyclic) bond motifs is 1. The molecular weight excluding hydrogens is 218 g/mol. The molecule has 0 bridgehead atoms. The average Bonchev–Trinajstić information content (AvgIpc) is 2.28. The summed E-state index contributed by atoms with van der Waals surface area (Å²) in [4.78, 5) is 1.37. The minimum atomic E-state index is 1.02. The maximum absolute atomic E-state index is 3.43. The summed E-state index contributed by atoms with van der Waals surface area (Å²) in [6.07, 6.45) is 0. The highest BCUT2D eigenvalue weighted by Gasteiger charge is 2.04. The number of benzene rings is 1. The first-order chi connectivity index (χ1) is 6.47. The molecule has 0 amide bonds. The van der Waals surface area contributed by atoms with Crippen LogP contribution in [0.2, 0.25) is 0 Å². The Morgan fingerprint density at radius 2 is 2.00 bits per heavy atom. The smallest absolute Gasteiger partial charge is 0.0619 e. The molecule has 1 heterocycles. The normalized spacial score (nSPS) is 17.5. The van der Waals surface area contributed by atoms with Gasteiger partial charge in [-0.25, -0.2) is 0 Å². The fourth-order valence-electron chi connectivity index (χ4n) is 1.11. The van der Waals surface area contributed by atoms with Crippen LogP contribution in [0, 0.1) is 0 Å². The first-order valence-electron chi connectivity index (χ1n) is 4.08. The molecule has 1 aromatic carbocycles. The third kappa shape index (κ3) is 2.76. The Hall–Kier alpha value is 0.0700. The zero-order chi connectivity index (χ0) is 8.93. The molecule has 0 atom stereocenters. The van der Waals surface area contributed by atoms with Gasteiger partial charge in [0.15, 0.2) is 0 Å². The van der Waals surface area contributed by atoms with Gasteiger partial charge in [-0.15, -0.1) is 35.3 Å². The van der Waals surface area contributed by atoms with E-state index in [-0.39, 0.29) is 0 Å². The standard InChI is InChI=1S/C9H11NS3/c1-2-4-9-8(3-1)10-5-11-6-12-7-13-9/h1-4,10H,5-7H2. The summed E-state index contributed by atoms with van der Waals surface area (Å²) < 4.78 is 0. The van der Waals surface area contributed by atoms with Crippen molar-refractivity contribution < 1.29 is 0 Å². The lowest BCUT2D eigenvalue weighted by Crippen LogP contribution is -1.97. The Morgan fingerprint density at radius 3 is 3.00 bits per heavy atom. The number of nitrogens with one attached hydrogen (secondary N) is 1. The molecule has 0 saturated heterocycles. The van der Waals surface area contributed by atoms with E-state index < -0.39 is 0 Å². The van der Waals surface area contributed by atoms with Crippen molar-refractivity contribution in [2.24, 2.45) is 0 Å². The van der Waals surface area contributed by atoms with Crippen LogP contribution in [-0.4, -0.2) is 16.0 Å². The zero-order valence-corrected chi connectivity index (χ0v) is 9.60. The molecule has 0 spiro atoms. The Labute approximate surface area is 91.4 Å². The molecule has 1 aliphatic heterocycles. The molecule has 2 rings (SSSR count). The Morgan fingerprint density at radius 1 is 1.08 bits per heavy atom. The van der Waals surface area contributed by atoms with Crippen LogP contribution in [0.5, 0.6) is 0 Å². The van der Waals surface area contributed by atoms with E-state index in [1.807, 2.05) is 35.3 Å². The summed E-state index contributed by atoms with van der Waals surface area (Å²) >= 11 is 5.86. The van der Waals surface area contributed by atoms with E-state index in [2.05, 4.69) is 29.6 Å². The molecule has 0 radical (unpaired) electrons. The van der Waals surface area contributed by atoms with Gasteiger partial charge in [-0.3, -0.25) is 0 Å². The highest BCUT2D eigenvalue weighted by atomic mass is 32.2.